The van der Waals surface area contributed by atoms with Crippen LogP contribution >= 0.6 is 0 Å². The Bertz CT molecular complexity index is 514. The highest BCUT2D eigenvalue weighted by molar-refractivity contribution is 5.48. The number of rotatable bonds is 0. The Kier molecular flexibility index (Phi) is 1.85. The summed E-state index contributed by atoms with van der Waals surface area (Å²) in [4.78, 5) is 3.89. The summed E-state index contributed by atoms with van der Waals surface area (Å²) in [6, 6.07) is 2.32. The van der Waals surface area contributed by atoms with Gasteiger partial charge >= 0.3 is 6.18 Å². The molecule has 0 fully saturated rings. The summed E-state index contributed by atoms with van der Waals surface area (Å²) in [6.07, 6.45) is -4.48. The van der Waals surface area contributed by atoms with Gasteiger partial charge in [-0.3, -0.25) is 0 Å². The van der Waals surface area contributed by atoms with Gasteiger partial charge in [0.1, 0.15) is 5.82 Å². The fourth-order valence-electron chi connectivity index (χ4n) is 1.27. The van der Waals surface area contributed by atoms with E-state index in [2.05, 4.69) is 10.1 Å². The Morgan fingerprint density at radius 3 is 2.60 bits per heavy atom. The van der Waals surface area contributed by atoms with Crippen molar-refractivity contribution >= 4 is 11.5 Å². The summed E-state index contributed by atoms with van der Waals surface area (Å²) in [5.74, 6) is 0.132. The van der Waals surface area contributed by atoms with Gasteiger partial charge < -0.3 is 5.73 Å². The smallest absolute Gasteiger partial charge is 0.384 e. The Hall–Kier alpha value is -1.79. The van der Waals surface area contributed by atoms with Crippen LogP contribution in [0.5, 0.6) is 0 Å². The molecule has 0 aromatic carbocycles. The largest absolute Gasteiger partial charge is 0.435 e. The van der Waals surface area contributed by atoms with Crippen LogP contribution in [0.2, 0.25) is 0 Å². The molecular formula is C8H7F3N4. The summed E-state index contributed by atoms with van der Waals surface area (Å²) in [5.41, 5.74) is 5.16. The van der Waals surface area contributed by atoms with E-state index >= 15 is 0 Å². The maximum absolute atomic E-state index is 12.3. The molecule has 15 heavy (non-hydrogen) atoms. The van der Waals surface area contributed by atoms with Gasteiger partial charge in [0.05, 0.1) is 0 Å². The third-order valence-corrected chi connectivity index (χ3v) is 1.87. The Morgan fingerprint density at radius 1 is 1.33 bits per heavy atom. The molecule has 0 unspecified atom stereocenters. The van der Waals surface area contributed by atoms with E-state index in [1.807, 2.05) is 0 Å². The van der Waals surface area contributed by atoms with Gasteiger partial charge in [0.15, 0.2) is 11.3 Å². The standard InChI is InChI=1S/C8H7F3N4/c1-4-2-6(12)15-7(13-4)3-5(14-15)8(9,10)11/h2-3H,12H2,1H3. The molecular weight excluding hydrogens is 209 g/mol. The Labute approximate surface area is 82.5 Å². The van der Waals surface area contributed by atoms with E-state index in [1.165, 1.54) is 6.07 Å². The zero-order valence-corrected chi connectivity index (χ0v) is 7.71. The maximum atomic E-state index is 12.3. The molecule has 2 rings (SSSR count). The van der Waals surface area contributed by atoms with E-state index in [4.69, 9.17) is 5.73 Å². The second kappa shape index (κ2) is 2.85. The van der Waals surface area contributed by atoms with Gasteiger partial charge in [-0.05, 0) is 6.92 Å². The number of hydrogen-bond acceptors (Lipinski definition) is 3. The number of anilines is 1. The molecule has 2 aromatic heterocycles. The number of aryl methyl sites for hydroxylation is 1. The topological polar surface area (TPSA) is 56.2 Å². The SMILES string of the molecule is Cc1cc(N)n2nc(C(F)(F)F)cc2n1. The van der Waals surface area contributed by atoms with Gasteiger partial charge in [0, 0.05) is 17.8 Å². The van der Waals surface area contributed by atoms with Crippen molar-refractivity contribution in [3.8, 4) is 0 Å². The molecule has 0 saturated carbocycles. The van der Waals surface area contributed by atoms with Crippen LogP contribution in [-0.2, 0) is 6.18 Å². The van der Waals surface area contributed by atoms with Crippen molar-refractivity contribution in [3.05, 3.63) is 23.5 Å². The molecule has 4 nitrogen and oxygen atoms in total. The molecule has 0 saturated heterocycles. The predicted octanol–water partition coefficient (Wildman–Crippen LogP) is 1.64. The lowest BCUT2D eigenvalue weighted by Gasteiger charge is -2.00. The predicted molar refractivity (Wildman–Crippen MR) is 47.1 cm³/mol. The average molecular weight is 216 g/mol. The van der Waals surface area contributed by atoms with Gasteiger partial charge in [-0.1, -0.05) is 0 Å². The average Bonchev–Trinajstić information content (AvgIpc) is 2.46. The quantitative estimate of drug-likeness (QED) is 0.728. The lowest BCUT2D eigenvalue weighted by molar-refractivity contribution is -0.141. The summed E-state index contributed by atoms with van der Waals surface area (Å²) in [6.45, 7) is 1.65. The highest BCUT2D eigenvalue weighted by atomic mass is 19.4. The molecule has 0 spiro atoms. The van der Waals surface area contributed by atoms with E-state index in [9.17, 15) is 13.2 Å². The molecule has 0 atom stereocenters. The number of nitrogens with two attached hydrogens (primary N) is 1. The molecule has 0 amide bonds. The monoisotopic (exact) mass is 216 g/mol. The van der Waals surface area contributed by atoms with Crippen LogP contribution in [0, 0.1) is 6.92 Å². The van der Waals surface area contributed by atoms with Crippen molar-refractivity contribution in [1.82, 2.24) is 14.6 Å². The van der Waals surface area contributed by atoms with Crippen LogP contribution in [0.25, 0.3) is 5.65 Å². The van der Waals surface area contributed by atoms with Crippen molar-refractivity contribution in [2.45, 2.75) is 13.1 Å². The first-order chi connectivity index (χ1) is 6.88. The molecule has 2 N–H and O–H groups in total. The maximum Gasteiger partial charge on any atom is 0.435 e. The third-order valence-electron chi connectivity index (χ3n) is 1.87. The molecule has 0 aliphatic carbocycles. The van der Waals surface area contributed by atoms with Crippen molar-refractivity contribution in [2.24, 2.45) is 0 Å². The van der Waals surface area contributed by atoms with Crippen molar-refractivity contribution in [2.75, 3.05) is 5.73 Å². The molecule has 2 aromatic rings. The number of halogens is 3. The summed E-state index contributed by atoms with van der Waals surface area (Å²) in [5, 5.41) is 3.33. The van der Waals surface area contributed by atoms with E-state index in [0.717, 1.165) is 10.6 Å². The van der Waals surface area contributed by atoms with Gasteiger partial charge in [-0.2, -0.15) is 22.8 Å². The highest BCUT2D eigenvalue weighted by Gasteiger charge is 2.34. The van der Waals surface area contributed by atoms with Crippen molar-refractivity contribution in [3.63, 3.8) is 0 Å². The van der Waals surface area contributed by atoms with E-state index in [1.54, 1.807) is 6.92 Å². The summed E-state index contributed by atoms with van der Waals surface area (Å²) >= 11 is 0. The van der Waals surface area contributed by atoms with E-state index in [0.29, 0.717) is 5.69 Å². The molecule has 0 aliphatic heterocycles. The Balaban J connectivity index is 2.71. The lowest BCUT2D eigenvalue weighted by Crippen LogP contribution is -2.07. The van der Waals surface area contributed by atoms with Crippen LogP contribution < -0.4 is 5.73 Å². The minimum Gasteiger partial charge on any atom is -0.384 e. The number of hydrogen-bond donors (Lipinski definition) is 1. The van der Waals surface area contributed by atoms with Crippen LogP contribution in [-0.4, -0.2) is 14.6 Å². The minimum absolute atomic E-state index is 0.0971. The van der Waals surface area contributed by atoms with Gasteiger partial charge in [-0.25, -0.2) is 4.98 Å². The molecule has 0 aliphatic rings. The number of nitrogen functional groups attached to an aromatic ring is 1. The molecule has 7 heteroatoms. The third kappa shape index (κ3) is 1.60. The second-order valence-electron chi connectivity index (χ2n) is 3.12. The minimum atomic E-state index is -4.48. The molecule has 0 radical (unpaired) electrons. The summed E-state index contributed by atoms with van der Waals surface area (Å²) < 4.78 is 37.9. The van der Waals surface area contributed by atoms with Gasteiger partial charge in [-0.15, -0.1) is 0 Å². The highest BCUT2D eigenvalue weighted by Crippen LogP contribution is 2.28. The molecule has 2 heterocycles. The van der Waals surface area contributed by atoms with Crippen LogP contribution in [0.3, 0.4) is 0 Å². The first-order valence-electron chi connectivity index (χ1n) is 4.08. The first kappa shape index (κ1) is 9.75. The first-order valence-corrected chi connectivity index (χ1v) is 4.08. The van der Waals surface area contributed by atoms with Crippen molar-refractivity contribution in [1.29, 1.82) is 0 Å². The van der Waals surface area contributed by atoms with E-state index < -0.39 is 11.9 Å². The zero-order chi connectivity index (χ0) is 11.2. The fourth-order valence-corrected chi connectivity index (χ4v) is 1.27. The van der Waals surface area contributed by atoms with Crippen molar-refractivity contribution < 1.29 is 13.2 Å². The molecule has 80 valence electrons. The van der Waals surface area contributed by atoms with Gasteiger partial charge in [0.2, 0.25) is 0 Å². The Morgan fingerprint density at radius 2 is 2.00 bits per heavy atom. The number of fused-ring (bicyclic) bond motifs is 1. The van der Waals surface area contributed by atoms with Crippen LogP contribution in [0.1, 0.15) is 11.4 Å². The number of alkyl halides is 3. The van der Waals surface area contributed by atoms with E-state index in [-0.39, 0.29) is 11.5 Å². The summed E-state index contributed by atoms with van der Waals surface area (Å²) in [7, 11) is 0. The zero-order valence-electron chi connectivity index (χ0n) is 7.71. The van der Waals surface area contributed by atoms with Crippen LogP contribution in [0.15, 0.2) is 12.1 Å². The van der Waals surface area contributed by atoms with Gasteiger partial charge in [0.25, 0.3) is 0 Å². The number of nitrogens with zero attached hydrogens (tertiary/aromatic N) is 3. The molecule has 0 bridgehead atoms. The van der Waals surface area contributed by atoms with Crippen LogP contribution in [0.4, 0.5) is 19.0 Å². The normalized spacial score (nSPS) is 12.3. The second-order valence-corrected chi connectivity index (χ2v) is 3.12. The fraction of sp³-hybridized carbons (Fsp3) is 0.250. The lowest BCUT2D eigenvalue weighted by atomic mass is 10.4. The number of aromatic nitrogens is 3.